The Bertz CT molecular complexity index is 737. The Balaban J connectivity index is 1.98. The van der Waals surface area contributed by atoms with Crippen LogP contribution in [0.5, 0.6) is 0 Å². The van der Waals surface area contributed by atoms with Crippen molar-refractivity contribution >= 4 is 22.6 Å². The fraction of sp³-hybridized carbons (Fsp3) is 0.389. The predicted molar refractivity (Wildman–Crippen MR) is 89.0 cm³/mol. The van der Waals surface area contributed by atoms with Gasteiger partial charge in [0.2, 0.25) is 5.91 Å². The summed E-state index contributed by atoms with van der Waals surface area (Å²) >= 11 is 0. The summed E-state index contributed by atoms with van der Waals surface area (Å²) in [6.45, 7) is 5.12. The van der Waals surface area contributed by atoms with Gasteiger partial charge in [-0.1, -0.05) is 38.1 Å². The van der Waals surface area contributed by atoms with Crippen molar-refractivity contribution in [1.29, 1.82) is 0 Å². The minimum atomic E-state index is -0.419. The van der Waals surface area contributed by atoms with Gasteiger partial charge in [0.1, 0.15) is 11.7 Å². The monoisotopic (exact) mass is 311 g/mol. The first-order valence-corrected chi connectivity index (χ1v) is 8.00. The summed E-state index contributed by atoms with van der Waals surface area (Å²) < 4.78 is 0. The smallest absolute Gasteiger partial charge is 0.273 e. The van der Waals surface area contributed by atoms with Gasteiger partial charge >= 0.3 is 0 Å². The molecule has 2 amide bonds. The van der Waals surface area contributed by atoms with Crippen LogP contribution in [0.1, 0.15) is 30.8 Å². The Hall–Kier alpha value is -2.43. The van der Waals surface area contributed by atoms with Crippen LogP contribution in [0.25, 0.3) is 10.8 Å². The second-order valence-corrected chi connectivity index (χ2v) is 6.32. The minimum absolute atomic E-state index is 0.0708. The van der Waals surface area contributed by atoms with E-state index in [1.54, 1.807) is 11.1 Å². The van der Waals surface area contributed by atoms with E-state index >= 15 is 0 Å². The van der Waals surface area contributed by atoms with Crippen molar-refractivity contribution in [3.8, 4) is 0 Å². The van der Waals surface area contributed by atoms with Gasteiger partial charge in [-0.25, -0.2) is 0 Å². The number of fused-ring (bicyclic) bond motifs is 1. The molecular weight excluding hydrogens is 290 g/mol. The molecule has 1 unspecified atom stereocenters. The molecule has 1 aliphatic rings. The SMILES string of the molecule is CC(C)CC1C(=O)NCCN1C(=O)c1nccc2ccccc12. The molecule has 0 saturated carbocycles. The topological polar surface area (TPSA) is 62.3 Å². The first kappa shape index (κ1) is 15.5. The minimum Gasteiger partial charge on any atom is -0.353 e. The van der Waals surface area contributed by atoms with E-state index in [4.69, 9.17) is 0 Å². The quantitative estimate of drug-likeness (QED) is 0.945. The molecule has 1 fully saturated rings. The van der Waals surface area contributed by atoms with Crippen LogP contribution in [0.15, 0.2) is 36.5 Å². The number of pyridine rings is 1. The Morgan fingerprint density at radius 3 is 2.91 bits per heavy atom. The van der Waals surface area contributed by atoms with Gasteiger partial charge in [0, 0.05) is 24.7 Å². The Labute approximate surface area is 135 Å². The van der Waals surface area contributed by atoms with Crippen LogP contribution in [0.3, 0.4) is 0 Å². The van der Waals surface area contributed by atoms with Crippen molar-refractivity contribution in [3.63, 3.8) is 0 Å². The van der Waals surface area contributed by atoms with Crippen molar-refractivity contribution in [2.45, 2.75) is 26.3 Å². The molecule has 120 valence electrons. The molecule has 2 heterocycles. The zero-order valence-corrected chi connectivity index (χ0v) is 13.5. The van der Waals surface area contributed by atoms with E-state index in [1.807, 2.05) is 30.3 Å². The molecule has 1 N–H and O–H groups in total. The molecule has 0 bridgehead atoms. The van der Waals surface area contributed by atoms with E-state index in [-0.39, 0.29) is 11.8 Å². The Morgan fingerprint density at radius 2 is 2.13 bits per heavy atom. The second kappa shape index (κ2) is 6.36. The number of hydrogen-bond donors (Lipinski definition) is 1. The zero-order valence-electron chi connectivity index (χ0n) is 13.5. The van der Waals surface area contributed by atoms with Crippen LogP contribution in [0, 0.1) is 5.92 Å². The third-order valence-electron chi connectivity index (χ3n) is 4.16. The normalized spacial score (nSPS) is 18.3. The maximum atomic E-state index is 13.0. The lowest BCUT2D eigenvalue weighted by Crippen LogP contribution is -2.57. The van der Waals surface area contributed by atoms with Crippen LogP contribution < -0.4 is 5.32 Å². The van der Waals surface area contributed by atoms with Crippen LogP contribution in [-0.4, -0.2) is 40.8 Å². The second-order valence-electron chi connectivity index (χ2n) is 6.32. The highest BCUT2D eigenvalue weighted by Crippen LogP contribution is 2.21. The fourth-order valence-electron chi connectivity index (χ4n) is 3.06. The van der Waals surface area contributed by atoms with Crippen LogP contribution in [-0.2, 0) is 4.79 Å². The van der Waals surface area contributed by atoms with E-state index in [0.29, 0.717) is 31.1 Å². The number of rotatable bonds is 3. The number of hydrogen-bond acceptors (Lipinski definition) is 3. The van der Waals surface area contributed by atoms with Crippen molar-refractivity contribution in [1.82, 2.24) is 15.2 Å². The lowest BCUT2D eigenvalue weighted by Gasteiger charge is -2.35. The van der Waals surface area contributed by atoms with Crippen molar-refractivity contribution in [3.05, 3.63) is 42.2 Å². The molecule has 1 atom stereocenters. The number of carbonyl (C=O) groups excluding carboxylic acids is 2. The lowest BCUT2D eigenvalue weighted by atomic mass is 9.99. The summed E-state index contributed by atoms with van der Waals surface area (Å²) in [5, 5.41) is 4.67. The molecule has 0 radical (unpaired) electrons. The summed E-state index contributed by atoms with van der Waals surface area (Å²) in [4.78, 5) is 31.2. The molecule has 2 aromatic rings. The number of piperazine rings is 1. The molecule has 1 aliphatic heterocycles. The van der Waals surface area contributed by atoms with Crippen LogP contribution in [0.2, 0.25) is 0 Å². The summed E-state index contributed by atoms with van der Waals surface area (Å²) in [7, 11) is 0. The molecule has 1 aromatic carbocycles. The molecule has 1 saturated heterocycles. The van der Waals surface area contributed by atoms with Gasteiger partial charge in [0.25, 0.3) is 5.91 Å². The van der Waals surface area contributed by atoms with E-state index in [2.05, 4.69) is 24.1 Å². The highest BCUT2D eigenvalue weighted by Gasteiger charge is 2.34. The average molecular weight is 311 g/mol. The van der Waals surface area contributed by atoms with E-state index in [9.17, 15) is 9.59 Å². The van der Waals surface area contributed by atoms with E-state index in [0.717, 1.165) is 10.8 Å². The van der Waals surface area contributed by atoms with Crippen molar-refractivity contribution in [2.24, 2.45) is 5.92 Å². The van der Waals surface area contributed by atoms with Crippen LogP contribution >= 0.6 is 0 Å². The lowest BCUT2D eigenvalue weighted by molar-refractivity contribution is -0.128. The summed E-state index contributed by atoms with van der Waals surface area (Å²) in [6.07, 6.45) is 2.30. The Kier molecular flexibility index (Phi) is 4.28. The van der Waals surface area contributed by atoms with Crippen molar-refractivity contribution in [2.75, 3.05) is 13.1 Å². The van der Waals surface area contributed by atoms with Gasteiger partial charge in [-0.2, -0.15) is 0 Å². The first-order valence-electron chi connectivity index (χ1n) is 8.00. The average Bonchev–Trinajstić information content (AvgIpc) is 2.55. The maximum absolute atomic E-state index is 13.0. The number of carbonyl (C=O) groups is 2. The maximum Gasteiger partial charge on any atom is 0.273 e. The molecule has 3 rings (SSSR count). The third-order valence-corrected chi connectivity index (χ3v) is 4.16. The zero-order chi connectivity index (χ0) is 16.4. The van der Waals surface area contributed by atoms with E-state index < -0.39 is 6.04 Å². The van der Waals surface area contributed by atoms with Gasteiger partial charge < -0.3 is 10.2 Å². The summed E-state index contributed by atoms with van der Waals surface area (Å²) in [5.74, 6) is 0.0977. The number of amides is 2. The third kappa shape index (κ3) is 3.04. The highest BCUT2D eigenvalue weighted by molar-refractivity contribution is 6.06. The largest absolute Gasteiger partial charge is 0.353 e. The summed E-state index contributed by atoms with van der Waals surface area (Å²) in [6, 6.07) is 9.17. The summed E-state index contributed by atoms with van der Waals surface area (Å²) in [5.41, 5.74) is 0.423. The van der Waals surface area contributed by atoms with E-state index in [1.165, 1.54) is 0 Å². The van der Waals surface area contributed by atoms with Gasteiger partial charge in [0.05, 0.1) is 0 Å². The molecular formula is C18H21N3O2. The molecule has 0 aliphatic carbocycles. The number of nitrogens with zero attached hydrogens (tertiary/aromatic N) is 2. The standard InChI is InChI=1S/C18H21N3O2/c1-12(2)11-15-17(22)20-9-10-21(15)18(23)16-14-6-4-3-5-13(14)7-8-19-16/h3-8,12,15H,9-11H2,1-2H3,(H,20,22). The predicted octanol–water partition coefficient (Wildman–Crippen LogP) is 2.22. The number of nitrogens with one attached hydrogen (secondary N) is 1. The highest BCUT2D eigenvalue weighted by atomic mass is 16.2. The van der Waals surface area contributed by atoms with Gasteiger partial charge in [-0.15, -0.1) is 0 Å². The molecule has 5 nitrogen and oxygen atoms in total. The molecule has 5 heteroatoms. The van der Waals surface area contributed by atoms with Gasteiger partial charge in [0.15, 0.2) is 0 Å². The molecule has 1 aromatic heterocycles. The van der Waals surface area contributed by atoms with Gasteiger partial charge in [-0.3, -0.25) is 14.6 Å². The molecule has 23 heavy (non-hydrogen) atoms. The number of aromatic nitrogens is 1. The Morgan fingerprint density at radius 1 is 1.35 bits per heavy atom. The van der Waals surface area contributed by atoms with Crippen molar-refractivity contribution < 1.29 is 9.59 Å². The number of benzene rings is 1. The van der Waals surface area contributed by atoms with Gasteiger partial charge in [-0.05, 0) is 23.8 Å². The fourth-order valence-corrected chi connectivity index (χ4v) is 3.06. The first-order chi connectivity index (χ1) is 11.1. The van der Waals surface area contributed by atoms with Crippen LogP contribution in [0.4, 0.5) is 0 Å². The molecule has 0 spiro atoms.